The van der Waals surface area contributed by atoms with Crippen molar-refractivity contribution in [3.05, 3.63) is 12.2 Å². The first kappa shape index (κ1) is 49.1. The van der Waals surface area contributed by atoms with Crippen LogP contribution >= 0.6 is 0 Å². The van der Waals surface area contributed by atoms with Crippen LogP contribution in [0.4, 0.5) is 0 Å². The number of fused-ring (bicyclic) bond motifs is 7. The Balaban J connectivity index is 1.41. The van der Waals surface area contributed by atoms with Gasteiger partial charge in [-0.25, -0.2) is 28.8 Å². The number of esters is 6. The number of aliphatic hydroxyl groups is 3. The van der Waals surface area contributed by atoms with Crippen LogP contribution < -0.4 is 0 Å². The van der Waals surface area contributed by atoms with Crippen LogP contribution in [0.15, 0.2) is 12.2 Å². The minimum Gasteiger partial charge on any atom is -0.457 e. The van der Waals surface area contributed by atoms with Crippen LogP contribution in [0.3, 0.4) is 0 Å². The second-order valence-electron chi connectivity index (χ2n) is 18.9. The second-order valence-corrected chi connectivity index (χ2v) is 18.9. The minimum atomic E-state index is -1.26. The molecule has 5 aliphatic carbocycles. The molecule has 344 valence electrons. The van der Waals surface area contributed by atoms with Gasteiger partial charge in [0.25, 0.3) is 0 Å². The van der Waals surface area contributed by atoms with Gasteiger partial charge in [-0.05, 0) is 117 Å². The van der Waals surface area contributed by atoms with Gasteiger partial charge in [-0.15, -0.1) is 0 Å². The first-order valence-corrected chi connectivity index (χ1v) is 21.8. The summed E-state index contributed by atoms with van der Waals surface area (Å²) >= 11 is 0. The smallest absolute Gasteiger partial charge is 0.418 e. The fourth-order valence-electron chi connectivity index (χ4n) is 13.2. The molecule has 15 nitrogen and oxygen atoms in total. The van der Waals surface area contributed by atoms with E-state index in [2.05, 4.69) is 69.8 Å². The van der Waals surface area contributed by atoms with Gasteiger partial charge in [0.15, 0.2) is 19.8 Å². The summed E-state index contributed by atoms with van der Waals surface area (Å²) in [4.78, 5) is 76.9. The Bertz CT molecular complexity index is 1990. The molecule has 0 spiro atoms. The summed E-state index contributed by atoms with van der Waals surface area (Å²) in [6.07, 6.45) is 6.70. The zero-order valence-corrected chi connectivity index (χ0v) is 37.1. The molecule has 2 unspecified atom stereocenters. The molecule has 0 heterocycles. The molecule has 5 fully saturated rings. The number of rotatable bonds is 9. The van der Waals surface area contributed by atoms with Gasteiger partial charge in [-0.3, -0.25) is 0 Å². The Morgan fingerprint density at radius 2 is 1.08 bits per heavy atom. The lowest BCUT2D eigenvalue weighted by atomic mass is 9.32. The van der Waals surface area contributed by atoms with Crippen molar-refractivity contribution >= 4 is 35.8 Å². The third-order valence-corrected chi connectivity index (χ3v) is 16.2. The van der Waals surface area contributed by atoms with E-state index in [1.807, 2.05) is 6.92 Å². The first-order chi connectivity index (χ1) is 29.9. The van der Waals surface area contributed by atoms with E-state index in [9.17, 15) is 28.8 Å². The normalized spacial score (nSPS) is 34.6. The molecule has 0 aromatic rings. The summed E-state index contributed by atoms with van der Waals surface area (Å²) in [6, 6.07) is 0. The summed E-state index contributed by atoms with van der Waals surface area (Å²) in [5.41, 5.74) is -1.01. The van der Waals surface area contributed by atoms with Crippen molar-refractivity contribution in [2.24, 2.45) is 56.7 Å². The largest absolute Gasteiger partial charge is 0.457 e. The van der Waals surface area contributed by atoms with Crippen LogP contribution in [0.25, 0.3) is 0 Å². The molecular weight excluding hydrogens is 817 g/mol. The van der Waals surface area contributed by atoms with E-state index in [0.29, 0.717) is 19.3 Å². The Hall–Kier alpha value is -4.88. The van der Waals surface area contributed by atoms with E-state index in [-0.39, 0.29) is 71.1 Å². The summed E-state index contributed by atoms with van der Waals surface area (Å²) in [7, 11) is 0. The van der Waals surface area contributed by atoms with Gasteiger partial charge in [0.1, 0.15) is 32.5 Å². The Labute approximate surface area is 369 Å². The molecule has 11 atom stereocenters. The number of allylic oxidation sites excluding steroid dienone is 1. The Morgan fingerprint density at radius 1 is 0.556 bits per heavy atom. The van der Waals surface area contributed by atoms with Crippen molar-refractivity contribution < 1.29 is 72.5 Å². The van der Waals surface area contributed by atoms with Crippen molar-refractivity contribution in [1.29, 1.82) is 0 Å². The lowest BCUT2D eigenvalue weighted by molar-refractivity contribution is -0.259. The van der Waals surface area contributed by atoms with Crippen LogP contribution in [0.2, 0.25) is 0 Å². The molecule has 0 aromatic heterocycles. The number of hydrogen-bond acceptors (Lipinski definition) is 15. The van der Waals surface area contributed by atoms with Crippen LogP contribution in [0.1, 0.15) is 98.8 Å². The zero-order valence-electron chi connectivity index (χ0n) is 37.1. The van der Waals surface area contributed by atoms with Gasteiger partial charge < -0.3 is 43.7 Å². The summed E-state index contributed by atoms with van der Waals surface area (Å²) in [5.74, 6) is 7.75. The van der Waals surface area contributed by atoms with E-state index in [1.54, 1.807) is 0 Å². The van der Waals surface area contributed by atoms with Gasteiger partial charge in [0.2, 0.25) is 0 Å². The topological polar surface area (TPSA) is 218 Å². The molecule has 5 aliphatic rings. The lowest BCUT2D eigenvalue weighted by Crippen LogP contribution is -2.68. The molecule has 3 N–H and O–H groups in total. The molecule has 0 radical (unpaired) electrons. The van der Waals surface area contributed by atoms with Gasteiger partial charge in [0, 0.05) is 10.8 Å². The maximum absolute atomic E-state index is 13.2. The monoisotopic (exact) mass is 878 g/mol. The van der Waals surface area contributed by atoms with Crippen molar-refractivity contribution in [3.8, 4) is 35.5 Å². The maximum Gasteiger partial charge on any atom is 0.418 e. The highest BCUT2D eigenvalue weighted by molar-refractivity contribution is 6.30. The molecule has 15 heteroatoms. The van der Waals surface area contributed by atoms with E-state index in [1.165, 1.54) is 0 Å². The number of carbonyl (C=O) groups is 6. The molecule has 63 heavy (non-hydrogen) atoms. The average Bonchev–Trinajstić information content (AvgIpc) is 3.65. The van der Waals surface area contributed by atoms with Gasteiger partial charge in [-0.2, -0.15) is 0 Å². The quantitative estimate of drug-likeness (QED) is 0.0996. The molecular formula is C48H62O15. The van der Waals surface area contributed by atoms with E-state index < -0.39 is 80.4 Å². The molecule has 0 aromatic carbocycles. The zero-order chi connectivity index (χ0) is 46.2. The SMILES string of the molecule is C=C(C)C1CC[C@]2(COC(=O)C(=O)OCC#CCO)CC[C@]3(C)[C@@H](CC[C@@H]4[C@@]5(C)CC[C@H](OC(=O)C(=O)OCC#CCO)[C@@](C)(COC(=O)C(=O)OCC#CCO)[C@@H]5CC[C@]43C)C12. The highest BCUT2D eigenvalue weighted by Gasteiger charge is 2.72. The van der Waals surface area contributed by atoms with E-state index in [4.69, 9.17) is 43.7 Å². The fourth-order valence-corrected chi connectivity index (χ4v) is 13.2. The van der Waals surface area contributed by atoms with Gasteiger partial charge in [-0.1, -0.05) is 75.4 Å². The predicted molar refractivity (Wildman–Crippen MR) is 223 cm³/mol. The second kappa shape index (κ2) is 20.3. The molecule has 5 rings (SSSR count). The van der Waals surface area contributed by atoms with Crippen LogP contribution in [-0.2, 0) is 57.2 Å². The Morgan fingerprint density at radius 3 is 1.62 bits per heavy atom. The third kappa shape index (κ3) is 9.65. The van der Waals surface area contributed by atoms with E-state index >= 15 is 0 Å². The average molecular weight is 879 g/mol. The van der Waals surface area contributed by atoms with Crippen molar-refractivity contribution in [1.82, 2.24) is 0 Å². The molecule has 5 saturated carbocycles. The van der Waals surface area contributed by atoms with Crippen molar-refractivity contribution in [2.75, 3.05) is 52.9 Å². The summed E-state index contributed by atoms with van der Waals surface area (Å²) in [5, 5.41) is 26.7. The first-order valence-electron chi connectivity index (χ1n) is 21.8. The lowest BCUT2D eigenvalue weighted by Gasteiger charge is -2.73. The van der Waals surface area contributed by atoms with Gasteiger partial charge >= 0.3 is 35.8 Å². The summed E-state index contributed by atoms with van der Waals surface area (Å²) in [6.45, 7) is 12.8. The van der Waals surface area contributed by atoms with Crippen LogP contribution in [-0.4, -0.2) is 110 Å². The highest BCUT2D eigenvalue weighted by atomic mass is 16.6. The third-order valence-electron chi connectivity index (χ3n) is 16.2. The number of ether oxygens (including phenoxy) is 6. The van der Waals surface area contributed by atoms with Crippen molar-refractivity contribution in [3.63, 3.8) is 0 Å². The number of carbonyl (C=O) groups excluding carboxylic acids is 6. The predicted octanol–water partition coefficient (Wildman–Crippen LogP) is 3.24. The number of hydrogen-bond donors (Lipinski definition) is 3. The standard InChI is InChI=1S/C48H62O15/c1-31(2)32-15-20-48(30-62-41(55)39(53)59-27-11-8-24-50)22-21-46(5)33(37(32)48)13-14-35-44(3)18-17-36(63-43(57)42(56)60-28-12-9-25-51)45(4,34(44)16-19-47(35,46)6)29-61-40(54)38(52)58-26-10-7-23-49/h32-37,49-51H,1,13-30H2,2-6H3/t32?,33-,34+,35+,36-,37?,44-,45-,46+,47+,48+/m0/s1. The molecule has 0 bridgehead atoms. The summed E-state index contributed by atoms with van der Waals surface area (Å²) < 4.78 is 32.1. The van der Waals surface area contributed by atoms with Crippen LogP contribution in [0, 0.1) is 92.2 Å². The molecule has 0 aliphatic heterocycles. The molecule has 0 saturated heterocycles. The number of aliphatic hydroxyl groups excluding tert-OH is 3. The van der Waals surface area contributed by atoms with Crippen molar-refractivity contribution in [2.45, 2.75) is 105 Å². The maximum atomic E-state index is 13.2. The molecule has 0 amide bonds. The van der Waals surface area contributed by atoms with Crippen LogP contribution in [0.5, 0.6) is 0 Å². The van der Waals surface area contributed by atoms with E-state index in [0.717, 1.165) is 50.5 Å². The Kier molecular flexibility index (Phi) is 15.8. The van der Waals surface area contributed by atoms with Gasteiger partial charge in [0.05, 0.1) is 6.61 Å². The fraction of sp³-hybridized carbons (Fsp3) is 0.708. The minimum absolute atomic E-state index is 0.0919. The highest BCUT2D eigenvalue weighted by Crippen LogP contribution is 2.77.